The molecule has 0 aromatic heterocycles. The SMILES string of the molecule is CC(C(=O)O)=C(C)C(CCOC(N)=O)C(C)(C)CC(C)CCCCOC(N)=O. The molecule has 0 aliphatic heterocycles. The Morgan fingerprint density at radius 3 is 2.00 bits per heavy atom. The van der Waals surface area contributed by atoms with Crippen molar-refractivity contribution in [3.63, 3.8) is 0 Å². The van der Waals surface area contributed by atoms with Crippen LogP contribution < -0.4 is 11.5 Å². The van der Waals surface area contributed by atoms with Crippen molar-refractivity contribution in [1.29, 1.82) is 0 Å². The zero-order valence-electron chi connectivity index (χ0n) is 17.7. The molecule has 162 valence electrons. The summed E-state index contributed by atoms with van der Waals surface area (Å²) in [6, 6.07) is 0. The standard InChI is InChI=1S/C20H36N2O6/c1-13(8-6-7-10-27-18(21)25)12-20(4,5)16(9-11-28-19(22)26)14(2)15(3)17(23)24/h13,16H,6-12H2,1-5H3,(H2,21,25)(H2,22,26)(H,23,24). The summed E-state index contributed by atoms with van der Waals surface area (Å²) in [5.74, 6) is -0.624. The van der Waals surface area contributed by atoms with Crippen LogP contribution in [-0.4, -0.2) is 36.5 Å². The monoisotopic (exact) mass is 400 g/mol. The Labute approximate surface area is 167 Å². The predicted molar refractivity (Wildman–Crippen MR) is 107 cm³/mol. The van der Waals surface area contributed by atoms with Crippen LogP contribution in [0.1, 0.15) is 66.7 Å². The Kier molecular flexibility index (Phi) is 11.3. The molecule has 0 rings (SSSR count). The van der Waals surface area contributed by atoms with E-state index in [0.717, 1.165) is 31.3 Å². The van der Waals surface area contributed by atoms with Gasteiger partial charge in [-0.15, -0.1) is 0 Å². The first-order valence-electron chi connectivity index (χ1n) is 9.63. The highest BCUT2D eigenvalue weighted by atomic mass is 16.5. The number of carbonyl (C=O) groups excluding carboxylic acids is 2. The normalized spacial score (nSPS) is 14.6. The second-order valence-corrected chi connectivity index (χ2v) is 8.08. The van der Waals surface area contributed by atoms with Gasteiger partial charge in [0.25, 0.3) is 0 Å². The van der Waals surface area contributed by atoms with E-state index in [0.29, 0.717) is 24.5 Å². The molecule has 2 unspecified atom stereocenters. The van der Waals surface area contributed by atoms with Gasteiger partial charge in [-0.05, 0) is 56.8 Å². The number of allylic oxidation sites excluding steroid dienone is 1. The highest BCUT2D eigenvalue weighted by Crippen LogP contribution is 2.42. The molecule has 0 bridgehead atoms. The van der Waals surface area contributed by atoms with Crippen molar-refractivity contribution in [2.75, 3.05) is 13.2 Å². The molecule has 0 aliphatic rings. The molecule has 0 aromatic rings. The Morgan fingerprint density at radius 2 is 1.50 bits per heavy atom. The average molecular weight is 401 g/mol. The molecule has 0 radical (unpaired) electrons. The van der Waals surface area contributed by atoms with E-state index in [-0.39, 0.29) is 17.9 Å². The van der Waals surface area contributed by atoms with Gasteiger partial charge in [-0.2, -0.15) is 0 Å². The molecule has 8 nitrogen and oxygen atoms in total. The minimum atomic E-state index is -0.948. The Bertz CT molecular complexity index is 571. The van der Waals surface area contributed by atoms with Gasteiger partial charge in [0.1, 0.15) is 0 Å². The van der Waals surface area contributed by atoms with Crippen molar-refractivity contribution < 1.29 is 29.0 Å². The molecular formula is C20H36N2O6. The van der Waals surface area contributed by atoms with Gasteiger partial charge >= 0.3 is 18.2 Å². The van der Waals surface area contributed by atoms with Crippen LogP contribution >= 0.6 is 0 Å². The largest absolute Gasteiger partial charge is 0.478 e. The summed E-state index contributed by atoms with van der Waals surface area (Å²) in [5.41, 5.74) is 10.9. The lowest BCUT2D eigenvalue weighted by molar-refractivity contribution is -0.132. The van der Waals surface area contributed by atoms with E-state index in [1.54, 1.807) is 6.92 Å². The number of carboxylic acids is 1. The van der Waals surface area contributed by atoms with Gasteiger partial charge in [-0.25, -0.2) is 14.4 Å². The highest BCUT2D eigenvalue weighted by molar-refractivity contribution is 5.86. The van der Waals surface area contributed by atoms with Crippen LogP contribution in [0.5, 0.6) is 0 Å². The molecule has 8 heteroatoms. The Hall–Kier alpha value is -2.25. The van der Waals surface area contributed by atoms with Crippen molar-refractivity contribution in [3.05, 3.63) is 11.1 Å². The topological polar surface area (TPSA) is 142 Å². The van der Waals surface area contributed by atoms with E-state index in [1.807, 2.05) is 6.92 Å². The number of carbonyl (C=O) groups is 3. The van der Waals surface area contributed by atoms with Crippen LogP contribution in [0.2, 0.25) is 0 Å². The quantitative estimate of drug-likeness (QED) is 0.317. The molecule has 0 heterocycles. The smallest absolute Gasteiger partial charge is 0.404 e. The molecule has 0 spiro atoms. The Morgan fingerprint density at radius 1 is 0.964 bits per heavy atom. The zero-order chi connectivity index (χ0) is 21.9. The third-order valence-electron chi connectivity index (χ3n) is 5.24. The molecule has 0 aromatic carbocycles. The van der Waals surface area contributed by atoms with Gasteiger partial charge in [0.2, 0.25) is 0 Å². The van der Waals surface area contributed by atoms with E-state index in [9.17, 15) is 19.5 Å². The summed E-state index contributed by atoms with van der Waals surface area (Å²) < 4.78 is 9.62. The van der Waals surface area contributed by atoms with Crippen molar-refractivity contribution in [1.82, 2.24) is 0 Å². The van der Waals surface area contributed by atoms with E-state index < -0.39 is 18.2 Å². The number of rotatable bonds is 13. The molecule has 0 saturated heterocycles. The van der Waals surface area contributed by atoms with E-state index in [2.05, 4.69) is 20.8 Å². The summed E-state index contributed by atoms with van der Waals surface area (Å²) in [4.78, 5) is 32.9. The summed E-state index contributed by atoms with van der Waals surface area (Å²) >= 11 is 0. The zero-order valence-corrected chi connectivity index (χ0v) is 17.7. The highest BCUT2D eigenvalue weighted by Gasteiger charge is 2.33. The molecule has 2 atom stereocenters. The third kappa shape index (κ3) is 10.2. The first kappa shape index (κ1) is 25.8. The van der Waals surface area contributed by atoms with Gasteiger partial charge in [0.15, 0.2) is 0 Å². The summed E-state index contributed by atoms with van der Waals surface area (Å²) in [7, 11) is 0. The number of carboxylic acid groups (broad SMARTS) is 1. The van der Waals surface area contributed by atoms with Crippen molar-refractivity contribution in [3.8, 4) is 0 Å². The molecule has 5 N–H and O–H groups in total. The van der Waals surface area contributed by atoms with Crippen molar-refractivity contribution in [2.24, 2.45) is 28.7 Å². The van der Waals surface area contributed by atoms with Gasteiger partial charge in [0.05, 0.1) is 13.2 Å². The lowest BCUT2D eigenvalue weighted by Gasteiger charge is -2.38. The second kappa shape index (κ2) is 12.3. The molecule has 28 heavy (non-hydrogen) atoms. The van der Waals surface area contributed by atoms with Crippen LogP contribution in [-0.2, 0) is 14.3 Å². The minimum absolute atomic E-state index is 0.0661. The third-order valence-corrected chi connectivity index (χ3v) is 5.24. The fourth-order valence-electron chi connectivity index (χ4n) is 3.81. The predicted octanol–water partition coefficient (Wildman–Crippen LogP) is 3.83. The van der Waals surface area contributed by atoms with Crippen LogP contribution in [0.25, 0.3) is 0 Å². The number of aliphatic carboxylic acids is 1. The Balaban J connectivity index is 5.02. The molecule has 0 fully saturated rings. The molecular weight excluding hydrogens is 364 g/mol. The van der Waals surface area contributed by atoms with E-state index >= 15 is 0 Å². The number of nitrogens with two attached hydrogens (primary N) is 2. The number of hydrogen-bond donors (Lipinski definition) is 3. The van der Waals surface area contributed by atoms with Gasteiger partial charge in [-0.1, -0.05) is 32.8 Å². The number of unbranched alkanes of at least 4 members (excludes halogenated alkanes) is 1. The minimum Gasteiger partial charge on any atom is -0.478 e. The van der Waals surface area contributed by atoms with Crippen LogP contribution in [0.4, 0.5) is 9.59 Å². The number of amides is 2. The van der Waals surface area contributed by atoms with Gasteiger partial charge in [0, 0.05) is 5.57 Å². The summed E-state index contributed by atoms with van der Waals surface area (Å²) in [6.45, 7) is 10.2. The van der Waals surface area contributed by atoms with E-state index in [4.69, 9.17) is 20.9 Å². The first-order chi connectivity index (χ1) is 12.9. The number of primary amides is 2. The fraction of sp³-hybridized carbons (Fsp3) is 0.750. The fourth-order valence-corrected chi connectivity index (χ4v) is 3.81. The average Bonchev–Trinajstić information content (AvgIpc) is 2.55. The molecule has 2 amide bonds. The second-order valence-electron chi connectivity index (χ2n) is 8.08. The maximum atomic E-state index is 11.4. The molecule has 0 aliphatic carbocycles. The maximum Gasteiger partial charge on any atom is 0.404 e. The lowest BCUT2D eigenvalue weighted by Crippen LogP contribution is -2.30. The first-order valence-corrected chi connectivity index (χ1v) is 9.63. The number of hydrogen-bond acceptors (Lipinski definition) is 5. The van der Waals surface area contributed by atoms with Gasteiger partial charge in [-0.3, -0.25) is 0 Å². The summed E-state index contributed by atoms with van der Waals surface area (Å²) in [5, 5.41) is 9.36. The summed E-state index contributed by atoms with van der Waals surface area (Å²) in [6.07, 6.45) is 2.40. The van der Waals surface area contributed by atoms with Crippen LogP contribution in [0.3, 0.4) is 0 Å². The van der Waals surface area contributed by atoms with Gasteiger partial charge < -0.3 is 26.0 Å². The lowest BCUT2D eigenvalue weighted by atomic mass is 9.67. The molecule has 0 saturated carbocycles. The van der Waals surface area contributed by atoms with Crippen molar-refractivity contribution in [2.45, 2.75) is 66.7 Å². The van der Waals surface area contributed by atoms with Crippen LogP contribution in [0.15, 0.2) is 11.1 Å². The van der Waals surface area contributed by atoms with Crippen LogP contribution in [0, 0.1) is 17.3 Å². The van der Waals surface area contributed by atoms with E-state index in [1.165, 1.54) is 0 Å². The number of ether oxygens (including phenoxy) is 2. The van der Waals surface area contributed by atoms with Crippen molar-refractivity contribution >= 4 is 18.2 Å². The maximum absolute atomic E-state index is 11.4.